The summed E-state index contributed by atoms with van der Waals surface area (Å²) in [4.78, 5) is 12.8. The number of carbonyl (C=O) groups excluding carboxylic acids is 1. The summed E-state index contributed by atoms with van der Waals surface area (Å²) in [6.07, 6.45) is 2.69. The van der Waals surface area contributed by atoms with E-state index >= 15 is 0 Å². The van der Waals surface area contributed by atoms with Crippen LogP contribution in [0.3, 0.4) is 0 Å². The van der Waals surface area contributed by atoms with Crippen LogP contribution in [0, 0.1) is 0 Å². The molecule has 90 valence electrons. The molecule has 0 aromatic carbocycles. The number of thiophene rings is 1. The van der Waals surface area contributed by atoms with E-state index in [-0.39, 0.29) is 11.9 Å². The van der Waals surface area contributed by atoms with Gasteiger partial charge in [0.25, 0.3) is 0 Å². The number of aryl methyl sites for hydroxylation is 1. The molecule has 16 heavy (non-hydrogen) atoms. The summed E-state index contributed by atoms with van der Waals surface area (Å²) in [5, 5.41) is 4.95. The average Bonchev–Trinajstić information content (AvgIpc) is 2.73. The predicted octanol–water partition coefficient (Wildman–Crippen LogP) is 2.05. The van der Waals surface area contributed by atoms with Crippen molar-refractivity contribution in [2.45, 2.75) is 45.7 Å². The molecule has 1 rings (SSSR count). The normalized spacial score (nSPS) is 12.4. The van der Waals surface area contributed by atoms with Gasteiger partial charge in [-0.25, -0.2) is 0 Å². The Bertz CT molecular complexity index is 336. The second kappa shape index (κ2) is 6.66. The zero-order valence-corrected chi connectivity index (χ0v) is 10.8. The molecule has 1 unspecified atom stereocenters. The molecule has 0 aliphatic heterocycles. The Balaban J connectivity index is 2.42. The third-order valence-corrected chi connectivity index (χ3v) is 3.54. The van der Waals surface area contributed by atoms with Gasteiger partial charge in [0.2, 0.25) is 5.91 Å². The van der Waals surface area contributed by atoms with E-state index in [9.17, 15) is 4.79 Å². The predicted molar refractivity (Wildman–Crippen MR) is 68.4 cm³/mol. The van der Waals surface area contributed by atoms with E-state index in [1.54, 1.807) is 11.3 Å². The molecule has 0 spiro atoms. The maximum atomic E-state index is 11.6. The minimum atomic E-state index is -0.366. The second-order valence-corrected chi connectivity index (χ2v) is 4.84. The standard InChI is InChI=1S/C12H20N2OS/c1-3-5-10(13)12(15)14-8-11-9(4-2)6-7-16-11/h6-7,10H,3-5,8,13H2,1-2H3,(H,14,15). The van der Waals surface area contributed by atoms with Gasteiger partial charge >= 0.3 is 0 Å². The largest absolute Gasteiger partial charge is 0.350 e. The van der Waals surface area contributed by atoms with Crippen LogP contribution in [0.15, 0.2) is 11.4 Å². The number of nitrogens with one attached hydrogen (secondary N) is 1. The van der Waals surface area contributed by atoms with Crippen molar-refractivity contribution in [2.24, 2.45) is 5.73 Å². The lowest BCUT2D eigenvalue weighted by molar-refractivity contribution is -0.122. The van der Waals surface area contributed by atoms with Crippen molar-refractivity contribution < 1.29 is 4.79 Å². The van der Waals surface area contributed by atoms with Gasteiger partial charge in [-0.2, -0.15) is 0 Å². The maximum absolute atomic E-state index is 11.6. The molecule has 3 N–H and O–H groups in total. The lowest BCUT2D eigenvalue weighted by Gasteiger charge is -2.11. The molecule has 1 amide bonds. The monoisotopic (exact) mass is 240 g/mol. The van der Waals surface area contributed by atoms with Crippen molar-refractivity contribution in [1.82, 2.24) is 5.32 Å². The van der Waals surface area contributed by atoms with Crippen molar-refractivity contribution >= 4 is 17.2 Å². The molecule has 1 heterocycles. The Morgan fingerprint density at radius 1 is 1.56 bits per heavy atom. The Morgan fingerprint density at radius 3 is 2.94 bits per heavy atom. The van der Waals surface area contributed by atoms with E-state index in [4.69, 9.17) is 5.73 Å². The SMILES string of the molecule is CCCC(N)C(=O)NCc1sccc1CC. The summed E-state index contributed by atoms with van der Waals surface area (Å²) in [5.41, 5.74) is 7.04. The molecule has 0 saturated carbocycles. The van der Waals surface area contributed by atoms with Gasteiger partial charge in [0.05, 0.1) is 12.6 Å². The second-order valence-electron chi connectivity index (χ2n) is 3.84. The minimum absolute atomic E-state index is 0.0442. The molecule has 0 bridgehead atoms. The molecule has 0 radical (unpaired) electrons. The molecule has 0 fully saturated rings. The molecule has 0 saturated heterocycles. The van der Waals surface area contributed by atoms with Crippen molar-refractivity contribution in [2.75, 3.05) is 0 Å². The number of rotatable bonds is 6. The van der Waals surface area contributed by atoms with Crippen LogP contribution in [0.2, 0.25) is 0 Å². The van der Waals surface area contributed by atoms with E-state index in [0.717, 1.165) is 19.3 Å². The van der Waals surface area contributed by atoms with E-state index < -0.39 is 0 Å². The zero-order chi connectivity index (χ0) is 12.0. The van der Waals surface area contributed by atoms with Gasteiger partial charge in [0, 0.05) is 4.88 Å². The fraction of sp³-hybridized carbons (Fsp3) is 0.583. The third-order valence-electron chi connectivity index (χ3n) is 2.58. The van der Waals surface area contributed by atoms with Gasteiger partial charge in [-0.3, -0.25) is 4.79 Å². The van der Waals surface area contributed by atoms with Crippen LogP contribution in [0.1, 0.15) is 37.1 Å². The first-order valence-electron chi connectivity index (χ1n) is 5.77. The summed E-state index contributed by atoms with van der Waals surface area (Å²) < 4.78 is 0. The number of nitrogens with two attached hydrogens (primary N) is 1. The first-order valence-corrected chi connectivity index (χ1v) is 6.65. The molecule has 0 aliphatic rings. The van der Waals surface area contributed by atoms with Gasteiger partial charge in [-0.15, -0.1) is 11.3 Å². The molecule has 1 atom stereocenters. The van der Waals surface area contributed by atoms with Crippen LogP contribution < -0.4 is 11.1 Å². The smallest absolute Gasteiger partial charge is 0.237 e. The number of hydrogen-bond acceptors (Lipinski definition) is 3. The van der Waals surface area contributed by atoms with Gasteiger partial charge in [0.1, 0.15) is 0 Å². The van der Waals surface area contributed by atoms with Crippen LogP contribution in [-0.2, 0) is 17.8 Å². The van der Waals surface area contributed by atoms with Crippen LogP contribution in [0.25, 0.3) is 0 Å². The highest BCUT2D eigenvalue weighted by Gasteiger charge is 2.12. The van der Waals surface area contributed by atoms with Gasteiger partial charge < -0.3 is 11.1 Å². The fourth-order valence-electron chi connectivity index (χ4n) is 1.58. The van der Waals surface area contributed by atoms with E-state index in [0.29, 0.717) is 6.54 Å². The van der Waals surface area contributed by atoms with Crippen LogP contribution >= 0.6 is 11.3 Å². The Kier molecular flexibility index (Phi) is 5.49. The highest BCUT2D eigenvalue weighted by Crippen LogP contribution is 2.16. The summed E-state index contributed by atoms with van der Waals surface area (Å²) in [6, 6.07) is 1.74. The highest BCUT2D eigenvalue weighted by molar-refractivity contribution is 7.10. The van der Waals surface area contributed by atoms with E-state index in [1.807, 2.05) is 6.92 Å². The maximum Gasteiger partial charge on any atom is 0.237 e. The molecular weight excluding hydrogens is 220 g/mol. The van der Waals surface area contributed by atoms with E-state index in [1.165, 1.54) is 10.4 Å². The van der Waals surface area contributed by atoms with Gasteiger partial charge in [0.15, 0.2) is 0 Å². The summed E-state index contributed by atoms with van der Waals surface area (Å²) in [5.74, 6) is -0.0442. The first-order chi connectivity index (χ1) is 7.69. The fourth-order valence-corrected chi connectivity index (χ4v) is 2.49. The molecule has 1 aromatic rings. The van der Waals surface area contributed by atoms with Crippen LogP contribution in [0.4, 0.5) is 0 Å². The third kappa shape index (κ3) is 3.61. The quantitative estimate of drug-likeness (QED) is 0.799. The van der Waals surface area contributed by atoms with E-state index in [2.05, 4.69) is 23.7 Å². The number of amides is 1. The van der Waals surface area contributed by atoms with Gasteiger partial charge in [-0.05, 0) is 29.9 Å². The Labute approximate surface area is 101 Å². The number of hydrogen-bond donors (Lipinski definition) is 2. The van der Waals surface area contributed by atoms with Gasteiger partial charge in [-0.1, -0.05) is 20.3 Å². The summed E-state index contributed by atoms with van der Waals surface area (Å²) >= 11 is 1.69. The average molecular weight is 240 g/mol. The molecule has 1 aromatic heterocycles. The highest BCUT2D eigenvalue weighted by atomic mass is 32.1. The lowest BCUT2D eigenvalue weighted by atomic mass is 10.1. The van der Waals surface area contributed by atoms with Crippen molar-refractivity contribution in [3.8, 4) is 0 Å². The molecule has 4 heteroatoms. The lowest BCUT2D eigenvalue weighted by Crippen LogP contribution is -2.40. The van der Waals surface area contributed by atoms with Crippen molar-refractivity contribution in [3.63, 3.8) is 0 Å². The van der Waals surface area contributed by atoms with Crippen LogP contribution in [-0.4, -0.2) is 11.9 Å². The van der Waals surface area contributed by atoms with Crippen molar-refractivity contribution in [1.29, 1.82) is 0 Å². The molecular formula is C12H20N2OS. The number of carbonyl (C=O) groups is 1. The summed E-state index contributed by atoms with van der Waals surface area (Å²) in [6.45, 7) is 4.76. The first kappa shape index (κ1) is 13.2. The Hall–Kier alpha value is -0.870. The molecule has 0 aliphatic carbocycles. The molecule has 3 nitrogen and oxygen atoms in total. The van der Waals surface area contributed by atoms with Crippen LogP contribution in [0.5, 0.6) is 0 Å². The summed E-state index contributed by atoms with van der Waals surface area (Å²) in [7, 11) is 0. The Morgan fingerprint density at radius 2 is 2.31 bits per heavy atom. The topological polar surface area (TPSA) is 55.1 Å². The zero-order valence-electron chi connectivity index (χ0n) is 9.95. The minimum Gasteiger partial charge on any atom is -0.350 e. The van der Waals surface area contributed by atoms with Crippen molar-refractivity contribution in [3.05, 3.63) is 21.9 Å².